The summed E-state index contributed by atoms with van der Waals surface area (Å²) in [6, 6.07) is 12.5. The SMILES string of the molecule is COc1ccc(C(=O)NC2CCN(C(=O)Cc3ccc(Cl)cc3)CC2)cc1OC. The maximum atomic E-state index is 12.6. The monoisotopic (exact) mass is 416 g/mol. The molecule has 0 aromatic heterocycles. The van der Waals surface area contributed by atoms with Gasteiger partial charge >= 0.3 is 0 Å². The van der Waals surface area contributed by atoms with Crippen LogP contribution in [0.1, 0.15) is 28.8 Å². The Morgan fingerprint density at radius 3 is 2.31 bits per heavy atom. The lowest BCUT2D eigenvalue weighted by Crippen LogP contribution is -2.47. The molecule has 1 saturated heterocycles. The van der Waals surface area contributed by atoms with Crippen molar-refractivity contribution in [3.05, 3.63) is 58.6 Å². The third kappa shape index (κ3) is 5.41. The number of carbonyl (C=O) groups is 2. The normalized spacial score (nSPS) is 14.4. The number of amides is 2. The van der Waals surface area contributed by atoms with Gasteiger partial charge in [-0.15, -0.1) is 0 Å². The van der Waals surface area contributed by atoms with E-state index in [1.807, 2.05) is 17.0 Å². The minimum atomic E-state index is -0.156. The Balaban J connectivity index is 1.51. The Hall–Kier alpha value is -2.73. The summed E-state index contributed by atoms with van der Waals surface area (Å²) < 4.78 is 10.5. The molecule has 2 aromatic carbocycles. The smallest absolute Gasteiger partial charge is 0.251 e. The first kappa shape index (κ1) is 21.0. The molecule has 0 radical (unpaired) electrons. The van der Waals surface area contributed by atoms with Gasteiger partial charge in [0.1, 0.15) is 0 Å². The van der Waals surface area contributed by atoms with E-state index < -0.39 is 0 Å². The fourth-order valence-electron chi connectivity index (χ4n) is 3.41. The number of halogens is 1. The van der Waals surface area contributed by atoms with Gasteiger partial charge in [-0.1, -0.05) is 23.7 Å². The van der Waals surface area contributed by atoms with Crippen LogP contribution in [-0.4, -0.2) is 50.1 Å². The number of rotatable bonds is 6. The molecule has 1 heterocycles. The molecule has 7 heteroatoms. The molecule has 6 nitrogen and oxygen atoms in total. The van der Waals surface area contributed by atoms with Crippen LogP contribution in [-0.2, 0) is 11.2 Å². The number of likely N-dealkylation sites (tertiary alicyclic amines) is 1. The van der Waals surface area contributed by atoms with Crippen LogP contribution in [0.4, 0.5) is 0 Å². The van der Waals surface area contributed by atoms with Crippen molar-refractivity contribution in [2.45, 2.75) is 25.3 Å². The number of nitrogens with one attached hydrogen (secondary N) is 1. The summed E-state index contributed by atoms with van der Waals surface area (Å²) in [5, 5.41) is 3.71. The molecule has 29 heavy (non-hydrogen) atoms. The lowest BCUT2D eigenvalue weighted by Gasteiger charge is -2.32. The summed E-state index contributed by atoms with van der Waals surface area (Å²) in [5.41, 5.74) is 1.46. The summed E-state index contributed by atoms with van der Waals surface area (Å²) >= 11 is 5.89. The Kier molecular flexibility index (Phi) is 6.99. The van der Waals surface area contributed by atoms with E-state index in [9.17, 15) is 9.59 Å². The van der Waals surface area contributed by atoms with Crippen LogP contribution < -0.4 is 14.8 Å². The maximum Gasteiger partial charge on any atom is 0.251 e. The van der Waals surface area contributed by atoms with E-state index in [4.69, 9.17) is 21.1 Å². The first-order valence-corrected chi connectivity index (χ1v) is 9.93. The second-order valence-electron chi connectivity index (χ2n) is 7.00. The van der Waals surface area contributed by atoms with Gasteiger partial charge in [-0.3, -0.25) is 9.59 Å². The molecular formula is C22H25ClN2O4. The fourth-order valence-corrected chi connectivity index (χ4v) is 3.53. The van der Waals surface area contributed by atoms with Crippen molar-refractivity contribution in [1.29, 1.82) is 0 Å². The summed E-state index contributed by atoms with van der Waals surface area (Å²) in [5.74, 6) is 1.04. The van der Waals surface area contributed by atoms with Crippen molar-refractivity contribution >= 4 is 23.4 Å². The molecule has 2 amide bonds. The number of piperidine rings is 1. The van der Waals surface area contributed by atoms with E-state index in [0.717, 1.165) is 18.4 Å². The van der Waals surface area contributed by atoms with Crippen LogP contribution in [0.25, 0.3) is 0 Å². The summed E-state index contributed by atoms with van der Waals surface area (Å²) in [6.45, 7) is 1.26. The van der Waals surface area contributed by atoms with Gasteiger partial charge in [0.25, 0.3) is 5.91 Å². The molecule has 0 aliphatic carbocycles. The molecule has 154 valence electrons. The van der Waals surface area contributed by atoms with E-state index >= 15 is 0 Å². The van der Waals surface area contributed by atoms with Gasteiger partial charge in [0.15, 0.2) is 11.5 Å². The van der Waals surface area contributed by atoms with Crippen molar-refractivity contribution in [1.82, 2.24) is 10.2 Å². The van der Waals surface area contributed by atoms with E-state index in [-0.39, 0.29) is 17.9 Å². The largest absolute Gasteiger partial charge is 0.493 e. The molecule has 1 aliphatic heterocycles. The zero-order chi connectivity index (χ0) is 20.8. The summed E-state index contributed by atoms with van der Waals surface area (Å²) in [6.07, 6.45) is 1.82. The van der Waals surface area contributed by atoms with E-state index in [1.165, 1.54) is 7.11 Å². The van der Waals surface area contributed by atoms with Gasteiger partial charge in [0, 0.05) is 29.7 Å². The molecule has 0 unspecified atom stereocenters. The van der Waals surface area contributed by atoms with E-state index in [1.54, 1.807) is 37.4 Å². The standard InChI is InChI=1S/C22H25ClN2O4/c1-28-19-8-5-16(14-20(19)29-2)22(27)24-18-9-11-25(12-10-18)21(26)13-15-3-6-17(23)7-4-15/h3-8,14,18H,9-13H2,1-2H3,(H,24,27). The zero-order valence-electron chi connectivity index (χ0n) is 16.6. The molecule has 1 fully saturated rings. The zero-order valence-corrected chi connectivity index (χ0v) is 17.4. The molecule has 0 spiro atoms. The number of hydrogen-bond acceptors (Lipinski definition) is 4. The number of hydrogen-bond donors (Lipinski definition) is 1. The van der Waals surface area contributed by atoms with Gasteiger partial charge in [-0.2, -0.15) is 0 Å². The highest BCUT2D eigenvalue weighted by Gasteiger charge is 2.24. The highest BCUT2D eigenvalue weighted by atomic mass is 35.5. The summed E-state index contributed by atoms with van der Waals surface area (Å²) in [4.78, 5) is 26.9. The van der Waals surface area contributed by atoms with Crippen LogP contribution in [0.2, 0.25) is 5.02 Å². The third-order valence-electron chi connectivity index (χ3n) is 5.10. The quantitative estimate of drug-likeness (QED) is 0.784. The Morgan fingerprint density at radius 2 is 1.69 bits per heavy atom. The first-order valence-electron chi connectivity index (χ1n) is 9.55. The predicted molar refractivity (Wildman–Crippen MR) is 112 cm³/mol. The van der Waals surface area contributed by atoms with Gasteiger partial charge in [0.05, 0.1) is 20.6 Å². The molecule has 0 bridgehead atoms. The minimum Gasteiger partial charge on any atom is -0.493 e. The number of benzene rings is 2. The molecule has 1 aliphatic rings. The molecule has 0 atom stereocenters. The van der Waals surface area contributed by atoms with Crippen LogP contribution in [0.15, 0.2) is 42.5 Å². The van der Waals surface area contributed by atoms with Crippen LogP contribution >= 0.6 is 11.6 Å². The lowest BCUT2D eigenvalue weighted by molar-refractivity contribution is -0.131. The summed E-state index contributed by atoms with van der Waals surface area (Å²) in [7, 11) is 3.09. The van der Waals surface area contributed by atoms with Gasteiger partial charge in [-0.25, -0.2) is 0 Å². The molecular weight excluding hydrogens is 392 g/mol. The van der Waals surface area contributed by atoms with Crippen molar-refractivity contribution in [3.8, 4) is 11.5 Å². The number of carbonyl (C=O) groups excluding carboxylic acids is 2. The third-order valence-corrected chi connectivity index (χ3v) is 5.35. The van der Waals surface area contributed by atoms with Crippen LogP contribution in [0.5, 0.6) is 11.5 Å². The van der Waals surface area contributed by atoms with E-state index in [0.29, 0.717) is 41.6 Å². The highest BCUT2D eigenvalue weighted by molar-refractivity contribution is 6.30. The second kappa shape index (κ2) is 9.65. The fraction of sp³-hybridized carbons (Fsp3) is 0.364. The van der Waals surface area contributed by atoms with Crippen molar-refractivity contribution in [3.63, 3.8) is 0 Å². The minimum absolute atomic E-state index is 0.0372. The lowest BCUT2D eigenvalue weighted by atomic mass is 10.0. The van der Waals surface area contributed by atoms with Gasteiger partial charge in [-0.05, 0) is 48.7 Å². The van der Waals surface area contributed by atoms with Crippen molar-refractivity contribution in [2.24, 2.45) is 0 Å². The Morgan fingerprint density at radius 1 is 1.03 bits per heavy atom. The second-order valence-corrected chi connectivity index (χ2v) is 7.44. The Labute approximate surface area is 175 Å². The molecule has 2 aromatic rings. The van der Waals surface area contributed by atoms with Crippen LogP contribution in [0, 0.1) is 0 Å². The Bertz CT molecular complexity index is 862. The average molecular weight is 417 g/mol. The molecule has 1 N–H and O–H groups in total. The first-order chi connectivity index (χ1) is 14.0. The molecule has 0 saturated carbocycles. The highest BCUT2D eigenvalue weighted by Crippen LogP contribution is 2.27. The molecule has 3 rings (SSSR count). The number of nitrogens with zero attached hydrogens (tertiary/aromatic N) is 1. The van der Waals surface area contributed by atoms with E-state index in [2.05, 4.69) is 5.32 Å². The average Bonchev–Trinajstić information content (AvgIpc) is 2.75. The predicted octanol–water partition coefficient (Wildman–Crippen LogP) is 3.32. The van der Waals surface area contributed by atoms with Gasteiger partial charge in [0.2, 0.25) is 5.91 Å². The number of ether oxygens (including phenoxy) is 2. The van der Waals surface area contributed by atoms with Gasteiger partial charge < -0.3 is 19.7 Å². The van der Waals surface area contributed by atoms with Crippen LogP contribution in [0.3, 0.4) is 0 Å². The van der Waals surface area contributed by atoms with Crippen molar-refractivity contribution < 1.29 is 19.1 Å². The number of methoxy groups -OCH3 is 2. The topological polar surface area (TPSA) is 67.9 Å². The maximum absolute atomic E-state index is 12.6. The van der Waals surface area contributed by atoms with Crippen molar-refractivity contribution in [2.75, 3.05) is 27.3 Å².